The highest BCUT2D eigenvalue weighted by molar-refractivity contribution is 6.17. The summed E-state index contributed by atoms with van der Waals surface area (Å²) < 4.78 is 13.1. The predicted octanol–water partition coefficient (Wildman–Crippen LogP) is 6.27. The lowest BCUT2D eigenvalue weighted by molar-refractivity contribution is 0.160. The van der Waals surface area contributed by atoms with Gasteiger partial charge in [-0.3, -0.25) is 5.32 Å². The van der Waals surface area contributed by atoms with Crippen molar-refractivity contribution < 1.29 is 14.3 Å². The van der Waals surface area contributed by atoms with Crippen LogP contribution in [0.2, 0.25) is 0 Å². The van der Waals surface area contributed by atoms with Crippen molar-refractivity contribution in [2.24, 2.45) is 0 Å². The number of carbonyl (C=O) groups excluding carboxylic acids is 1. The van der Waals surface area contributed by atoms with E-state index in [0.29, 0.717) is 24.8 Å². The Bertz CT molecular complexity index is 1020. The minimum absolute atomic E-state index is 0.422. The van der Waals surface area contributed by atoms with Crippen LogP contribution >= 0.6 is 11.6 Å². The number of hydrogen-bond acceptors (Lipinski definition) is 4. The Balaban J connectivity index is 1.84. The summed E-state index contributed by atoms with van der Waals surface area (Å²) in [6.45, 7) is 5.91. The van der Waals surface area contributed by atoms with Gasteiger partial charge in [-0.1, -0.05) is 25.5 Å². The maximum atomic E-state index is 11.9. The fourth-order valence-electron chi connectivity index (χ4n) is 3.50. The smallest absolute Gasteiger partial charge is 0.411 e. The summed E-state index contributed by atoms with van der Waals surface area (Å²) >= 11 is 5.74. The molecule has 0 aliphatic heterocycles. The molecule has 1 amide bonds. The first-order valence-corrected chi connectivity index (χ1v) is 11.3. The van der Waals surface area contributed by atoms with Crippen LogP contribution in [-0.2, 0) is 11.3 Å². The van der Waals surface area contributed by atoms with Crippen LogP contribution in [0.5, 0.6) is 5.75 Å². The van der Waals surface area contributed by atoms with Crippen LogP contribution in [0.3, 0.4) is 0 Å². The third-order valence-corrected chi connectivity index (χ3v) is 5.34. The number of aryl methyl sites for hydroxylation is 1. The molecule has 31 heavy (non-hydrogen) atoms. The Hall–Kier alpha value is -2.86. The van der Waals surface area contributed by atoms with Gasteiger partial charge in [0.25, 0.3) is 0 Å². The Morgan fingerprint density at radius 3 is 2.55 bits per heavy atom. The molecule has 0 radical (unpaired) electrons. The first-order chi connectivity index (χ1) is 15.1. The topological polar surface area (TPSA) is 78.5 Å². The number of aromatic nitrogens is 1. The number of ether oxygens (including phenoxy) is 2. The predicted molar refractivity (Wildman–Crippen MR) is 128 cm³/mol. The molecular formula is C24H30ClN3O3. The fourth-order valence-corrected chi connectivity index (χ4v) is 3.61. The van der Waals surface area contributed by atoms with Gasteiger partial charge in [-0.25, -0.2) is 4.79 Å². The third kappa shape index (κ3) is 5.44. The van der Waals surface area contributed by atoms with Crippen molar-refractivity contribution in [1.29, 1.82) is 0 Å². The number of rotatable bonds is 10. The van der Waals surface area contributed by atoms with Crippen molar-refractivity contribution in [1.82, 2.24) is 4.57 Å². The van der Waals surface area contributed by atoms with E-state index in [1.807, 2.05) is 42.5 Å². The molecular weight excluding hydrogens is 414 g/mol. The largest absolute Gasteiger partial charge is 0.493 e. The highest BCUT2D eigenvalue weighted by atomic mass is 35.5. The summed E-state index contributed by atoms with van der Waals surface area (Å²) in [4.78, 5) is 11.9. The number of halogens is 1. The van der Waals surface area contributed by atoms with E-state index in [4.69, 9.17) is 26.8 Å². The number of fused-ring (bicyclic) bond motifs is 1. The molecule has 0 saturated heterocycles. The molecule has 166 valence electrons. The van der Waals surface area contributed by atoms with Crippen LogP contribution in [0.1, 0.15) is 33.1 Å². The highest BCUT2D eigenvalue weighted by Crippen LogP contribution is 2.38. The summed E-state index contributed by atoms with van der Waals surface area (Å²) in [5, 5.41) is 3.75. The van der Waals surface area contributed by atoms with Gasteiger partial charge in [0.1, 0.15) is 5.75 Å². The number of amides is 1. The molecule has 2 aromatic carbocycles. The van der Waals surface area contributed by atoms with Crippen LogP contribution < -0.4 is 15.8 Å². The number of nitrogen functional groups attached to an aromatic ring is 1. The van der Waals surface area contributed by atoms with Crippen molar-refractivity contribution in [2.45, 2.75) is 39.7 Å². The normalized spacial score (nSPS) is 10.9. The lowest BCUT2D eigenvalue weighted by Gasteiger charge is -2.11. The van der Waals surface area contributed by atoms with Crippen LogP contribution in [-0.4, -0.2) is 29.8 Å². The van der Waals surface area contributed by atoms with Crippen molar-refractivity contribution in [3.05, 3.63) is 42.5 Å². The van der Waals surface area contributed by atoms with E-state index >= 15 is 0 Å². The molecule has 7 heteroatoms. The van der Waals surface area contributed by atoms with Crippen molar-refractivity contribution >= 4 is 40.0 Å². The zero-order chi connectivity index (χ0) is 22.2. The van der Waals surface area contributed by atoms with Gasteiger partial charge in [-0.05, 0) is 44.0 Å². The van der Waals surface area contributed by atoms with Crippen LogP contribution in [0.25, 0.3) is 22.2 Å². The monoisotopic (exact) mass is 443 g/mol. The SMILES string of the molecule is CCCCOC(=O)Nc1ccc(-c2c(N)c3ccc(OCCCCl)cc3n2CC)cc1. The molecule has 3 aromatic rings. The van der Waals surface area contributed by atoms with Crippen LogP contribution in [0.4, 0.5) is 16.2 Å². The van der Waals surface area contributed by atoms with Gasteiger partial charge >= 0.3 is 6.09 Å². The molecule has 0 aliphatic rings. The van der Waals surface area contributed by atoms with Crippen molar-refractivity contribution in [3.8, 4) is 17.0 Å². The maximum absolute atomic E-state index is 11.9. The maximum Gasteiger partial charge on any atom is 0.411 e. The first kappa shape index (κ1) is 22.8. The molecule has 6 nitrogen and oxygen atoms in total. The second kappa shape index (κ2) is 11.0. The van der Waals surface area contributed by atoms with E-state index in [1.165, 1.54) is 0 Å². The third-order valence-electron chi connectivity index (χ3n) is 5.07. The standard InChI is InChI=1S/C24H30ClN3O3/c1-3-5-14-31-24(29)27-18-9-7-17(8-10-18)23-22(26)20-12-11-19(30-15-6-13-25)16-21(20)28(23)4-2/h7-12,16H,3-6,13-15,26H2,1-2H3,(H,27,29). The number of alkyl halides is 1. The van der Waals surface area contributed by atoms with E-state index in [0.717, 1.165) is 59.4 Å². The van der Waals surface area contributed by atoms with Crippen molar-refractivity contribution in [3.63, 3.8) is 0 Å². The summed E-state index contributed by atoms with van der Waals surface area (Å²) in [6, 6.07) is 13.6. The average Bonchev–Trinajstić information content (AvgIpc) is 3.06. The van der Waals surface area contributed by atoms with Crippen molar-refractivity contribution in [2.75, 3.05) is 30.1 Å². The molecule has 3 rings (SSSR count). The number of nitrogens with one attached hydrogen (secondary N) is 1. The Morgan fingerprint density at radius 2 is 1.87 bits per heavy atom. The molecule has 0 aliphatic carbocycles. The van der Waals surface area contributed by atoms with E-state index in [9.17, 15) is 4.79 Å². The molecule has 0 atom stereocenters. The summed E-state index contributed by atoms with van der Waals surface area (Å²) in [6.07, 6.45) is 2.20. The number of nitrogens with two attached hydrogens (primary N) is 1. The number of hydrogen-bond donors (Lipinski definition) is 2. The van der Waals surface area contributed by atoms with Gasteiger partial charge < -0.3 is 19.8 Å². The molecule has 0 fully saturated rings. The second-order valence-electron chi connectivity index (χ2n) is 7.27. The Kier molecular flexibility index (Phi) is 8.06. The van der Waals surface area contributed by atoms with E-state index in [-0.39, 0.29) is 0 Å². The lowest BCUT2D eigenvalue weighted by atomic mass is 10.1. The average molecular weight is 444 g/mol. The lowest BCUT2D eigenvalue weighted by Crippen LogP contribution is -2.14. The van der Waals surface area contributed by atoms with Gasteiger partial charge in [0.05, 0.1) is 30.1 Å². The highest BCUT2D eigenvalue weighted by Gasteiger charge is 2.17. The number of anilines is 2. The van der Waals surface area contributed by atoms with Gasteiger partial charge in [-0.2, -0.15) is 0 Å². The number of benzene rings is 2. The Labute approximate surface area is 188 Å². The first-order valence-electron chi connectivity index (χ1n) is 10.7. The minimum Gasteiger partial charge on any atom is -0.493 e. The number of carbonyl (C=O) groups is 1. The van der Waals surface area contributed by atoms with Gasteiger partial charge in [0.2, 0.25) is 0 Å². The molecule has 0 spiro atoms. The van der Waals surface area contributed by atoms with E-state index in [2.05, 4.69) is 23.7 Å². The fraction of sp³-hybridized carbons (Fsp3) is 0.375. The summed E-state index contributed by atoms with van der Waals surface area (Å²) in [7, 11) is 0. The van der Waals surface area contributed by atoms with Gasteiger partial charge in [-0.15, -0.1) is 11.6 Å². The Morgan fingerprint density at radius 1 is 1.10 bits per heavy atom. The zero-order valence-corrected chi connectivity index (χ0v) is 18.9. The number of nitrogens with zero attached hydrogens (tertiary/aromatic N) is 1. The molecule has 1 aromatic heterocycles. The van der Waals surface area contributed by atoms with Gasteiger partial charge in [0.15, 0.2) is 0 Å². The molecule has 3 N–H and O–H groups in total. The summed E-state index contributed by atoms with van der Waals surface area (Å²) in [5.41, 5.74) is 10.9. The number of unbranched alkanes of at least 4 members (excludes halogenated alkanes) is 1. The van der Waals surface area contributed by atoms with Crippen LogP contribution in [0.15, 0.2) is 42.5 Å². The second-order valence-corrected chi connectivity index (χ2v) is 7.65. The van der Waals surface area contributed by atoms with E-state index in [1.54, 1.807) is 0 Å². The van der Waals surface area contributed by atoms with E-state index < -0.39 is 6.09 Å². The quantitative estimate of drug-likeness (QED) is 0.286. The minimum atomic E-state index is -0.440. The van der Waals surface area contributed by atoms with Crippen LogP contribution in [0, 0.1) is 0 Å². The molecule has 0 unspecified atom stereocenters. The zero-order valence-electron chi connectivity index (χ0n) is 18.1. The molecule has 0 saturated carbocycles. The van der Waals surface area contributed by atoms with Gasteiger partial charge in [0, 0.05) is 35.1 Å². The molecule has 1 heterocycles. The summed E-state index contributed by atoms with van der Waals surface area (Å²) in [5.74, 6) is 1.38. The molecule has 0 bridgehead atoms.